The molecule has 4 N–H and O–H groups in total. The number of nitrogens with one attached hydrogen (secondary N) is 1. The van der Waals surface area contributed by atoms with Crippen molar-refractivity contribution in [1.29, 1.82) is 0 Å². The van der Waals surface area contributed by atoms with Crippen molar-refractivity contribution in [2.24, 2.45) is 11.8 Å². The number of hydrogen-bond donors (Lipinski definition) is 4. The fourth-order valence-electron chi connectivity index (χ4n) is 6.52. The first-order valence-electron chi connectivity index (χ1n) is 11.9. The SMILES string of the molecule is Cc1cc2c(c(=O)[nH]1)C(=O)C1(O)c3c(O)c4c(c5c3C(CC1C2=O)OCO5)OC1C(O)C=CCC1C4=O. The number of H-pyrrole nitrogens is 1. The molecule has 37 heavy (non-hydrogen) atoms. The minimum atomic E-state index is -2.65. The zero-order valence-electron chi connectivity index (χ0n) is 19.4. The van der Waals surface area contributed by atoms with E-state index in [1.165, 1.54) is 12.1 Å². The van der Waals surface area contributed by atoms with E-state index in [1.54, 1.807) is 13.0 Å². The number of allylic oxidation sites excluding steroid dienone is 1. The van der Waals surface area contributed by atoms with Crippen molar-refractivity contribution in [1.82, 2.24) is 4.98 Å². The van der Waals surface area contributed by atoms with E-state index >= 15 is 0 Å². The van der Waals surface area contributed by atoms with E-state index in [2.05, 4.69) is 4.98 Å². The molecule has 0 saturated heterocycles. The molecule has 0 saturated carbocycles. The number of pyridine rings is 1. The monoisotopic (exact) mass is 507 g/mol. The van der Waals surface area contributed by atoms with E-state index in [1.807, 2.05) is 0 Å². The predicted octanol–water partition coefficient (Wildman–Crippen LogP) is 0.964. The third-order valence-electron chi connectivity index (χ3n) is 8.17. The molecule has 6 atom stereocenters. The Hall–Kier alpha value is -3.80. The first-order chi connectivity index (χ1) is 17.6. The van der Waals surface area contributed by atoms with Gasteiger partial charge in [0.1, 0.15) is 23.5 Å². The number of phenolic OH excluding ortho intramolecular Hbond substituents is 1. The van der Waals surface area contributed by atoms with Gasteiger partial charge in [-0.15, -0.1) is 0 Å². The van der Waals surface area contributed by atoms with Gasteiger partial charge in [0.2, 0.25) is 5.78 Å². The number of rotatable bonds is 0. The molecule has 0 bridgehead atoms. The lowest BCUT2D eigenvalue weighted by Gasteiger charge is -2.48. The molecule has 1 aromatic carbocycles. The number of ketones is 3. The zero-order chi connectivity index (χ0) is 26.0. The maximum absolute atomic E-state index is 13.8. The predicted molar refractivity (Wildman–Crippen MR) is 122 cm³/mol. The van der Waals surface area contributed by atoms with Gasteiger partial charge >= 0.3 is 0 Å². The lowest BCUT2D eigenvalue weighted by molar-refractivity contribution is -0.0995. The molecule has 1 aromatic heterocycles. The highest BCUT2D eigenvalue weighted by Gasteiger charge is 2.63. The Morgan fingerprint density at radius 1 is 1.11 bits per heavy atom. The number of hydrogen-bond acceptors (Lipinski definition) is 10. The maximum atomic E-state index is 13.8. The fraction of sp³-hybridized carbons (Fsp3) is 0.385. The molecular formula is C26H21NO10. The van der Waals surface area contributed by atoms with Crippen molar-refractivity contribution in [2.75, 3.05) is 6.79 Å². The molecule has 11 nitrogen and oxygen atoms in total. The van der Waals surface area contributed by atoms with Gasteiger partial charge in [0.25, 0.3) is 5.56 Å². The number of ether oxygens (including phenoxy) is 3. The van der Waals surface area contributed by atoms with E-state index in [9.17, 15) is 34.5 Å². The smallest absolute Gasteiger partial charge is 0.259 e. The molecule has 3 heterocycles. The highest BCUT2D eigenvalue weighted by molar-refractivity contribution is 6.20. The van der Waals surface area contributed by atoms with Crippen molar-refractivity contribution in [3.63, 3.8) is 0 Å². The minimum Gasteiger partial charge on any atom is -0.507 e. The summed E-state index contributed by atoms with van der Waals surface area (Å²) in [5, 5.41) is 34.0. The second-order valence-electron chi connectivity index (χ2n) is 10.1. The Bertz CT molecular complexity index is 1550. The van der Waals surface area contributed by atoms with Crippen LogP contribution in [0.1, 0.15) is 66.8 Å². The second-order valence-corrected chi connectivity index (χ2v) is 10.1. The van der Waals surface area contributed by atoms with Gasteiger partial charge in [-0.3, -0.25) is 19.2 Å². The highest BCUT2D eigenvalue weighted by Crippen LogP contribution is 2.61. The summed E-state index contributed by atoms with van der Waals surface area (Å²) in [5.41, 5.74) is -4.38. The first kappa shape index (κ1) is 22.4. The third kappa shape index (κ3) is 2.60. The van der Waals surface area contributed by atoms with Crippen molar-refractivity contribution in [3.05, 3.63) is 62.1 Å². The number of fused-ring (bicyclic) bond motifs is 6. The third-order valence-corrected chi connectivity index (χ3v) is 8.17. The number of aliphatic hydroxyl groups is 2. The molecule has 0 radical (unpaired) electrons. The van der Waals surface area contributed by atoms with E-state index in [-0.39, 0.29) is 47.8 Å². The molecule has 5 aliphatic rings. The van der Waals surface area contributed by atoms with Crippen LogP contribution in [-0.2, 0) is 10.3 Å². The Kier molecular flexibility index (Phi) is 4.33. The topological polar surface area (TPSA) is 172 Å². The molecular weight excluding hydrogens is 486 g/mol. The van der Waals surface area contributed by atoms with Crippen molar-refractivity contribution < 1.29 is 43.9 Å². The summed E-state index contributed by atoms with van der Waals surface area (Å²) in [5.74, 6) is -5.34. The molecule has 3 aliphatic carbocycles. The second kappa shape index (κ2) is 7.15. The van der Waals surface area contributed by atoms with Crippen molar-refractivity contribution in [3.8, 4) is 17.2 Å². The summed E-state index contributed by atoms with van der Waals surface area (Å²) < 4.78 is 17.4. The van der Waals surface area contributed by atoms with Gasteiger partial charge in [-0.25, -0.2) is 0 Å². The average Bonchev–Trinajstić information content (AvgIpc) is 2.86. The van der Waals surface area contributed by atoms with Crippen LogP contribution in [0, 0.1) is 18.8 Å². The van der Waals surface area contributed by atoms with Crippen LogP contribution >= 0.6 is 0 Å². The van der Waals surface area contributed by atoms with Gasteiger partial charge in [-0.05, 0) is 25.8 Å². The van der Waals surface area contributed by atoms with E-state index in [4.69, 9.17) is 14.2 Å². The molecule has 190 valence electrons. The highest BCUT2D eigenvalue weighted by atomic mass is 16.7. The Labute approximate surface area is 208 Å². The van der Waals surface area contributed by atoms with Crippen LogP contribution in [0.15, 0.2) is 23.0 Å². The fourth-order valence-corrected chi connectivity index (χ4v) is 6.52. The summed E-state index contributed by atoms with van der Waals surface area (Å²) in [6.07, 6.45) is 0.380. The molecule has 0 spiro atoms. The maximum Gasteiger partial charge on any atom is 0.259 e. The summed E-state index contributed by atoms with van der Waals surface area (Å²) in [6.45, 7) is 1.30. The van der Waals surface area contributed by atoms with Gasteiger partial charge in [0, 0.05) is 22.4 Å². The molecule has 6 unspecified atom stereocenters. The van der Waals surface area contributed by atoms with Crippen LogP contribution in [0.2, 0.25) is 0 Å². The molecule has 2 aliphatic heterocycles. The lowest BCUT2D eigenvalue weighted by atomic mass is 9.60. The van der Waals surface area contributed by atoms with Crippen LogP contribution in [0.4, 0.5) is 0 Å². The molecule has 11 heteroatoms. The van der Waals surface area contributed by atoms with E-state index < -0.39 is 75.5 Å². The Morgan fingerprint density at radius 3 is 2.68 bits per heavy atom. The van der Waals surface area contributed by atoms with Gasteiger partial charge < -0.3 is 34.5 Å². The number of aromatic amines is 1. The average molecular weight is 507 g/mol. The van der Waals surface area contributed by atoms with Crippen LogP contribution in [-0.4, -0.2) is 56.7 Å². The number of aromatic hydroxyl groups is 1. The number of aryl methyl sites for hydroxylation is 1. The molecule has 2 aromatic rings. The van der Waals surface area contributed by atoms with Crippen LogP contribution in [0.3, 0.4) is 0 Å². The van der Waals surface area contributed by atoms with Crippen LogP contribution in [0.5, 0.6) is 17.2 Å². The van der Waals surface area contributed by atoms with Crippen molar-refractivity contribution >= 4 is 17.3 Å². The first-order valence-corrected chi connectivity index (χ1v) is 11.9. The van der Waals surface area contributed by atoms with Crippen molar-refractivity contribution in [2.45, 2.75) is 43.7 Å². The minimum absolute atomic E-state index is 0.0108. The number of aromatic nitrogens is 1. The largest absolute Gasteiger partial charge is 0.507 e. The lowest BCUT2D eigenvalue weighted by Crippen LogP contribution is -2.56. The quantitative estimate of drug-likeness (QED) is 0.376. The molecule has 7 rings (SSSR count). The summed E-state index contributed by atoms with van der Waals surface area (Å²) >= 11 is 0. The number of phenols is 1. The number of aliphatic hydroxyl groups excluding tert-OH is 1. The number of carbonyl (C=O) groups excluding carboxylic acids is 3. The van der Waals surface area contributed by atoms with E-state index in [0.717, 1.165) is 0 Å². The standard InChI is InChI=1S/C26H21NO10/c1-8-5-10-14(25(33)27-8)24(32)26(34)11(18(10)29)6-13-15-17(26)20(31)16-19(30)9-3-2-4-12(28)21(9)37-23(16)22(15)36-7-35-13/h2,4-5,9,11-13,21,28,31,34H,3,6-7H2,1H3,(H,27,33). The molecule has 0 fully saturated rings. The number of carbonyl (C=O) groups is 3. The van der Waals surface area contributed by atoms with Gasteiger partial charge in [0.15, 0.2) is 35.5 Å². The Balaban J connectivity index is 1.53. The number of benzene rings is 1. The Morgan fingerprint density at radius 2 is 1.89 bits per heavy atom. The normalized spacial score (nSPS) is 32.8. The van der Waals surface area contributed by atoms with Crippen LogP contribution < -0.4 is 15.0 Å². The van der Waals surface area contributed by atoms with E-state index in [0.29, 0.717) is 5.69 Å². The summed E-state index contributed by atoms with van der Waals surface area (Å²) in [7, 11) is 0. The number of Topliss-reactive ketones (excluding diaryl/α,β-unsaturated/α-hetero) is 3. The van der Waals surface area contributed by atoms with Gasteiger partial charge in [-0.2, -0.15) is 0 Å². The summed E-state index contributed by atoms with van der Waals surface area (Å²) in [4.78, 5) is 56.3. The molecule has 0 amide bonds. The summed E-state index contributed by atoms with van der Waals surface area (Å²) in [6, 6.07) is 1.38. The van der Waals surface area contributed by atoms with Gasteiger partial charge in [0.05, 0.1) is 23.5 Å². The van der Waals surface area contributed by atoms with Crippen LogP contribution in [0.25, 0.3) is 0 Å². The van der Waals surface area contributed by atoms with Gasteiger partial charge in [-0.1, -0.05) is 12.2 Å². The zero-order valence-corrected chi connectivity index (χ0v) is 19.4.